The number of amides is 1. The van der Waals surface area contributed by atoms with Gasteiger partial charge in [0.05, 0.1) is 0 Å². The van der Waals surface area contributed by atoms with Crippen molar-refractivity contribution in [2.24, 2.45) is 0 Å². The molecule has 2 unspecified atom stereocenters. The van der Waals surface area contributed by atoms with E-state index < -0.39 is 0 Å². The zero-order valence-corrected chi connectivity index (χ0v) is 12.5. The van der Waals surface area contributed by atoms with Gasteiger partial charge in [0.15, 0.2) is 0 Å². The monoisotopic (exact) mass is 298 g/mol. The van der Waals surface area contributed by atoms with Crippen molar-refractivity contribution < 1.29 is 9.18 Å². The molecule has 2 aromatic carbocycles. The first-order chi connectivity index (χ1) is 10.6. The van der Waals surface area contributed by atoms with Gasteiger partial charge in [-0.25, -0.2) is 4.39 Å². The molecule has 3 nitrogen and oxygen atoms in total. The normalized spacial score (nSPS) is 21.6. The molecule has 1 saturated heterocycles. The maximum atomic E-state index is 13.4. The van der Waals surface area contributed by atoms with Gasteiger partial charge in [-0.15, -0.1) is 0 Å². The summed E-state index contributed by atoms with van der Waals surface area (Å²) in [7, 11) is 0. The fourth-order valence-corrected chi connectivity index (χ4v) is 2.84. The van der Waals surface area contributed by atoms with Crippen LogP contribution in [0.3, 0.4) is 0 Å². The number of piperazine rings is 1. The van der Waals surface area contributed by atoms with Gasteiger partial charge in [-0.3, -0.25) is 4.79 Å². The zero-order chi connectivity index (χ0) is 15.5. The van der Waals surface area contributed by atoms with Crippen LogP contribution in [0.15, 0.2) is 54.6 Å². The van der Waals surface area contributed by atoms with Gasteiger partial charge in [-0.05, 0) is 30.7 Å². The van der Waals surface area contributed by atoms with Crippen LogP contribution in [0, 0.1) is 5.82 Å². The van der Waals surface area contributed by atoms with Crippen molar-refractivity contribution in [2.45, 2.75) is 19.0 Å². The van der Waals surface area contributed by atoms with Crippen molar-refractivity contribution in [2.75, 3.05) is 13.1 Å². The van der Waals surface area contributed by atoms with E-state index in [1.54, 1.807) is 12.1 Å². The molecule has 2 aromatic rings. The van der Waals surface area contributed by atoms with Gasteiger partial charge in [0.1, 0.15) is 5.82 Å². The molecule has 0 bridgehead atoms. The van der Waals surface area contributed by atoms with E-state index in [2.05, 4.69) is 17.4 Å². The van der Waals surface area contributed by atoms with E-state index in [9.17, 15) is 9.18 Å². The molecule has 1 amide bonds. The Bertz CT molecular complexity index is 659. The molecule has 0 aromatic heterocycles. The second-order valence-electron chi connectivity index (χ2n) is 5.69. The minimum absolute atomic E-state index is 0.0794. The van der Waals surface area contributed by atoms with Crippen molar-refractivity contribution in [3.63, 3.8) is 0 Å². The number of carbonyl (C=O) groups excluding carboxylic acids is 1. The van der Waals surface area contributed by atoms with Gasteiger partial charge in [0.25, 0.3) is 5.91 Å². The third-order valence-corrected chi connectivity index (χ3v) is 4.11. The number of halogens is 1. The number of rotatable bonds is 2. The Morgan fingerprint density at radius 3 is 2.68 bits per heavy atom. The lowest BCUT2D eigenvalue weighted by Crippen LogP contribution is -2.53. The Morgan fingerprint density at radius 1 is 1.18 bits per heavy atom. The first-order valence-corrected chi connectivity index (χ1v) is 7.50. The van der Waals surface area contributed by atoms with E-state index in [1.165, 1.54) is 12.1 Å². The largest absolute Gasteiger partial charge is 0.333 e. The van der Waals surface area contributed by atoms with Gasteiger partial charge in [0, 0.05) is 30.7 Å². The van der Waals surface area contributed by atoms with E-state index in [-0.39, 0.29) is 23.8 Å². The summed E-state index contributed by atoms with van der Waals surface area (Å²) in [6.45, 7) is 3.31. The third-order valence-electron chi connectivity index (χ3n) is 4.11. The number of carbonyl (C=O) groups is 1. The fraction of sp³-hybridized carbons (Fsp3) is 0.278. The summed E-state index contributed by atoms with van der Waals surface area (Å²) in [5.41, 5.74) is 1.56. The van der Waals surface area contributed by atoms with Crippen molar-refractivity contribution in [1.82, 2.24) is 10.2 Å². The smallest absolute Gasteiger partial charge is 0.254 e. The number of hydrogen-bond donors (Lipinski definition) is 1. The quantitative estimate of drug-likeness (QED) is 0.924. The molecule has 3 rings (SSSR count). The van der Waals surface area contributed by atoms with E-state index in [1.807, 2.05) is 30.0 Å². The summed E-state index contributed by atoms with van der Waals surface area (Å²) >= 11 is 0. The Balaban J connectivity index is 1.81. The van der Waals surface area contributed by atoms with Crippen LogP contribution >= 0.6 is 0 Å². The first-order valence-electron chi connectivity index (χ1n) is 7.50. The number of nitrogens with zero attached hydrogens (tertiary/aromatic N) is 1. The molecule has 1 aliphatic heterocycles. The van der Waals surface area contributed by atoms with Gasteiger partial charge >= 0.3 is 0 Å². The number of hydrogen-bond acceptors (Lipinski definition) is 2. The highest BCUT2D eigenvalue weighted by Crippen LogP contribution is 2.21. The highest BCUT2D eigenvalue weighted by atomic mass is 19.1. The molecule has 1 aliphatic rings. The minimum atomic E-state index is -0.381. The van der Waals surface area contributed by atoms with Crippen LogP contribution in [0.4, 0.5) is 4.39 Å². The van der Waals surface area contributed by atoms with E-state index in [0.29, 0.717) is 12.1 Å². The molecular weight excluding hydrogens is 279 g/mol. The summed E-state index contributed by atoms with van der Waals surface area (Å²) in [4.78, 5) is 14.5. The van der Waals surface area contributed by atoms with Crippen LogP contribution in [0.5, 0.6) is 0 Å². The standard InChI is InChI=1S/C18H19FN2O/c1-13-11-20-17(14-6-3-2-4-7-14)12-21(13)18(22)15-8-5-9-16(19)10-15/h2-10,13,17,20H,11-12H2,1H3. The molecule has 1 fully saturated rings. The summed E-state index contributed by atoms with van der Waals surface area (Å²) in [6, 6.07) is 16.1. The van der Waals surface area contributed by atoms with E-state index in [4.69, 9.17) is 0 Å². The molecule has 22 heavy (non-hydrogen) atoms. The van der Waals surface area contributed by atoms with Crippen molar-refractivity contribution in [1.29, 1.82) is 0 Å². The summed E-state index contributed by atoms with van der Waals surface area (Å²) in [5.74, 6) is -0.498. The Morgan fingerprint density at radius 2 is 1.95 bits per heavy atom. The van der Waals surface area contributed by atoms with E-state index in [0.717, 1.165) is 12.1 Å². The third kappa shape index (κ3) is 3.02. The highest BCUT2D eigenvalue weighted by Gasteiger charge is 2.29. The maximum Gasteiger partial charge on any atom is 0.254 e. The lowest BCUT2D eigenvalue weighted by atomic mass is 10.0. The lowest BCUT2D eigenvalue weighted by molar-refractivity contribution is 0.0606. The lowest BCUT2D eigenvalue weighted by Gasteiger charge is -2.39. The molecule has 0 radical (unpaired) electrons. The molecular formula is C18H19FN2O. The second-order valence-corrected chi connectivity index (χ2v) is 5.69. The average molecular weight is 298 g/mol. The van der Waals surface area contributed by atoms with Crippen molar-refractivity contribution in [3.8, 4) is 0 Å². The van der Waals surface area contributed by atoms with Crippen LogP contribution in [0.25, 0.3) is 0 Å². The van der Waals surface area contributed by atoms with Gasteiger partial charge < -0.3 is 10.2 Å². The van der Waals surface area contributed by atoms with Crippen LogP contribution in [0.2, 0.25) is 0 Å². The molecule has 114 valence electrons. The van der Waals surface area contributed by atoms with Crippen LogP contribution in [-0.2, 0) is 0 Å². The summed E-state index contributed by atoms with van der Waals surface area (Å²) < 4.78 is 13.4. The molecule has 0 aliphatic carbocycles. The topological polar surface area (TPSA) is 32.3 Å². The highest BCUT2D eigenvalue weighted by molar-refractivity contribution is 5.94. The van der Waals surface area contributed by atoms with Crippen molar-refractivity contribution in [3.05, 3.63) is 71.5 Å². The van der Waals surface area contributed by atoms with Crippen molar-refractivity contribution >= 4 is 5.91 Å². The zero-order valence-electron chi connectivity index (χ0n) is 12.5. The van der Waals surface area contributed by atoms with Crippen LogP contribution < -0.4 is 5.32 Å². The fourth-order valence-electron chi connectivity index (χ4n) is 2.84. The maximum absolute atomic E-state index is 13.4. The predicted molar refractivity (Wildman–Crippen MR) is 84.1 cm³/mol. The van der Waals surface area contributed by atoms with Crippen LogP contribution in [0.1, 0.15) is 28.9 Å². The Labute approximate surface area is 129 Å². The average Bonchev–Trinajstić information content (AvgIpc) is 2.55. The molecule has 2 atom stereocenters. The number of benzene rings is 2. The summed E-state index contributed by atoms with van der Waals surface area (Å²) in [6.07, 6.45) is 0. The molecule has 0 spiro atoms. The molecule has 1 N–H and O–H groups in total. The van der Waals surface area contributed by atoms with Crippen LogP contribution in [-0.4, -0.2) is 29.9 Å². The Hall–Kier alpha value is -2.20. The van der Waals surface area contributed by atoms with Gasteiger partial charge in [-0.1, -0.05) is 36.4 Å². The first kappa shape index (κ1) is 14.7. The number of nitrogens with one attached hydrogen (secondary N) is 1. The van der Waals surface area contributed by atoms with Gasteiger partial charge in [-0.2, -0.15) is 0 Å². The molecule has 1 heterocycles. The minimum Gasteiger partial charge on any atom is -0.333 e. The van der Waals surface area contributed by atoms with E-state index >= 15 is 0 Å². The van der Waals surface area contributed by atoms with Gasteiger partial charge in [0.2, 0.25) is 0 Å². The second kappa shape index (κ2) is 6.28. The molecule has 4 heteroatoms. The summed E-state index contributed by atoms with van der Waals surface area (Å²) in [5, 5.41) is 3.46. The molecule has 0 saturated carbocycles. The SMILES string of the molecule is CC1CNC(c2ccccc2)CN1C(=O)c1cccc(F)c1. The Kier molecular flexibility index (Phi) is 4.20. The predicted octanol–water partition coefficient (Wildman–Crippen LogP) is 3.00.